The van der Waals surface area contributed by atoms with Crippen LogP contribution in [0.1, 0.15) is 70.4 Å². The second-order valence-corrected chi connectivity index (χ2v) is 7.06. The Labute approximate surface area is 131 Å². The fourth-order valence-electron chi connectivity index (χ4n) is 3.56. The van der Waals surface area contributed by atoms with Gasteiger partial charge in [-0.2, -0.15) is 0 Å². The van der Waals surface area contributed by atoms with Gasteiger partial charge < -0.3 is 0 Å². The Morgan fingerprint density at radius 1 is 1.05 bits per heavy atom. The first kappa shape index (κ1) is 16.5. The summed E-state index contributed by atoms with van der Waals surface area (Å²) in [5.41, 5.74) is 3.13. The number of hydrogen-bond acceptors (Lipinski definition) is 1. The van der Waals surface area contributed by atoms with Gasteiger partial charge >= 0.3 is 0 Å². The molecule has 0 N–H and O–H groups in total. The van der Waals surface area contributed by atoms with Crippen LogP contribution in [0.3, 0.4) is 0 Å². The van der Waals surface area contributed by atoms with E-state index in [-0.39, 0.29) is 0 Å². The van der Waals surface area contributed by atoms with E-state index in [1.54, 1.807) is 11.1 Å². The van der Waals surface area contributed by atoms with Crippen molar-refractivity contribution in [3.8, 4) is 0 Å². The molecule has 0 heterocycles. The number of benzene rings is 1. The van der Waals surface area contributed by atoms with Crippen LogP contribution in [0, 0.1) is 5.92 Å². The van der Waals surface area contributed by atoms with Crippen LogP contribution in [0.5, 0.6) is 0 Å². The fraction of sp³-hybridized carbons (Fsp3) is 0.700. The molecule has 0 aliphatic heterocycles. The fourth-order valence-corrected chi connectivity index (χ4v) is 3.56. The van der Waals surface area contributed by atoms with E-state index < -0.39 is 0 Å². The highest BCUT2D eigenvalue weighted by molar-refractivity contribution is 5.27. The quantitative estimate of drug-likeness (QED) is 0.646. The van der Waals surface area contributed by atoms with Gasteiger partial charge in [-0.3, -0.25) is 4.90 Å². The largest absolute Gasteiger partial charge is 0.296 e. The molecule has 0 bridgehead atoms. The lowest BCUT2D eigenvalue weighted by molar-refractivity contribution is 0.155. The molecule has 1 nitrogen and oxygen atoms in total. The van der Waals surface area contributed by atoms with Gasteiger partial charge in [-0.25, -0.2) is 0 Å². The van der Waals surface area contributed by atoms with Gasteiger partial charge in [-0.15, -0.1) is 0 Å². The highest BCUT2D eigenvalue weighted by Crippen LogP contribution is 2.25. The first-order chi connectivity index (χ1) is 10.2. The lowest BCUT2D eigenvalue weighted by Gasteiger charge is -2.34. The molecule has 0 aromatic heterocycles. The zero-order valence-corrected chi connectivity index (χ0v) is 14.3. The molecule has 2 rings (SSSR count). The topological polar surface area (TPSA) is 3.24 Å². The van der Waals surface area contributed by atoms with Crippen molar-refractivity contribution in [2.24, 2.45) is 5.92 Å². The predicted octanol–water partition coefficient (Wildman–Crippen LogP) is 5.43. The summed E-state index contributed by atoms with van der Waals surface area (Å²) in [5.74, 6) is 0.790. The molecule has 1 aliphatic carbocycles. The summed E-state index contributed by atoms with van der Waals surface area (Å²) in [6.07, 6.45) is 9.64. The Morgan fingerprint density at radius 3 is 2.33 bits per heavy atom. The standard InChI is InChI=1S/C20H33N/c1-4-21(20-12-6-5-7-13-20)16-19-11-9-8-10-18(19)15-14-17(2)3/h8-11,17,20H,4-7,12-16H2,1-3H3. The maximum Gasteiger partial charge on any atom is 0.0239 e. The van der Waals surface area contributed by atoms with Crippen molar-refractivity contribution >= 4 is 0 Å². The van der Waals surface area contributed by atoms with E-state index >= 15 is 0 Å². The van der Waals surface area contributed by atoms with Gasteiger partial charge in [-0.05, 0) is 49.3 Å². The van der Waals surface area contributed by atoms with Crippen LogP contribution >= 0.6 is 0 Å². The van der Waals surface area contributed by atoms with E-state index in [0.29, 0.717) is 0 Å². The van der Waals surface area contributed by atoms with E-state index in [0.717, 1.165) is 18.5 Å². The molecule has 1 aromatic carbocycles. The van der Waals surface area contributed by atoms with Gasteiger partial charge in [0, 0.05) is 12.6 Å². The lowest BCUT2D eigenvalue weighted by Crippen LogP contribution is -2.36. The van der Waals surface area contributed by atoms with E-state index in [2.05, 4.69) is 49.9 Å². The molecule has 1 fully saturated rings. The van der Waals surface area contributed by atoms with Crippen molar-refractivity contribution in [1.82, 2.24) is 4.90 Å². The average Bonchev–Trinajstić information content (AvgIpc) is 2.52. The third-order valence-corrected chi connectivity index (χ3v) is 4.98. The summed E-state index contributed by atoms with van der Waals surface area (Å²) in [6.45, 7) is 9.30. The van der Waals surface area contributed by atoms with Crippen molar-refractivity contribution in [2.75, 3.05) is 6.54 Å². The van der Waals surface area contributed by atoms with E-state index in [4.69, 9.17) is 0 Å². The summed E-state index contributed by atoms with van der Waals surface area (Å²) >= 11 is 0. The predicted molar refractivity (Wildman–Crippen MR) is 92.6 cm³/mol. The van der Waals surface area contributed by atoms with Crippen LogP contribution in [0.2, 0.25) is 0 Å². The molecule has 0 radical (unpaired) electrons. The summed E-state index contributed by atoms with van der Waals surface area (Å²) in [6, 6.07) is 9.92. The first-order valence-corrected chi connectivity index (χ1v) is 9.01. The van der Waals surface area contributed by atoms with Gasteiger partial charge in [0.25, 0.3) is 0 Å². The number of aryl methyl sites for hydroxylation is 1. The van der Waals surface area contributed by atoms with Gasteiger partial charge in [0.15, 0.2) is 0 Å². The Morgan fingerprint density at radius 2 is 1.71 bits per heavy atom. The minimum atomic E-state index is 0.790. The van der Waals surface area contributed by atoms with Crippen LogP contribution < -0.4 is 0 Å². The number of nitrogens with zero attached hydrogens (tertiary/aromatic N) is 1. The van der Waals surface area contributed by atoms with Crippen LogP contribution in [0.15, 0.2) is 24.3 Å². The van der Waals surface area contributed by atoms with Crippen LogP contribution in [0.25, 0.3) is 0 Å². The van der Waals surface area contributed by atoms with Crippen molar-refractivity contribution in [2.45, 2.75) is 78.3 Å². The molecule has 0 unspecified atom stereocenters. The molecule has 118 valence electrons. The van der Waals surface area contributed by atoms with Gasteiger partial charge in [-0.1, -0.05) is 64.3 Å². The third-order valence-electron chi connectivity index (χ3n) is 4.98. The smallest absolute Gasteiger partial charge is 0.0239 e. The van der Waals surface area contributed by atoms with Crippen molar-refractivity contribution in [3.05, 3.63) is 35.4 Å². The molecular formula is C20H33N. The maximum absolute atomic E-state index is 2.72. The van der Waals surface area contributed by atoms with Crippen molar-refractivity contribution < 1.29 is 0 Å². The monoisotopic (exact) mass is 287 g/mol. The molecule has 1 saturated carbocycles. The molecule has 21 heavy (non-hydrogen) atoms. The number of hydrogen-bond donors (Lipinski definition) is 0. The van der Waals surface area contributed by atoms with Crippen molar-refractivity contribution in [3.63, 3.8) is 0 Å². The van der Waals surface area contributed by atoms with Crippen LogP contribution in [-0.4, -0.2) is 17.5 Å². The first-order valence-electron chi connectivity index (χ1n) is 9.01. The molecule has 0 amide bonds. The molecule has 1 heteroatoms. The Kier molecular flexibility index (Phi) is 6.76. The van der Waals surface area contributed by atoms with Crippen LogP contribution in [0.4, 0.5) is 0 Å². The third kappa shape index (κ3) is 5.14. The summed E-state index contributed by atoms with van der Waals surface area (Å²) in [7, 11) is 0. The second-order valence-electron chi connectivity index (χ2n) is 7.06. The zero-order chi connectivity index (χ0) is 15.1. The molecule has 1 aromatic rings. The van der Waals surface area contributed by atoms with E-state index in [1.165, 1.54) is 51.5 Å². The molecule has 0 atom stereocenters. The maximum atomic E-state index is 2.72. The minimum absolute atomic E-state index is 0.790. The second kappa shape index (κ2) is 8.58. The zero-order valence-electron chi connectivity index (χ0n) is 14.3. The summed E-state index contributed by atoms with van der Waals surface area (Å²) in [5, 5.41) is 0. The Bertz CT molecular complexity index is 404. The Balaban J connectivity index is 2.02. The summed E-state index contributed by atoms with van der Waals surface area (Å²) in [4.78, 5) is 2.72. The van der Waals surface area contributed by atoms with E-state index in [1.807, 2.05) is 0 Å². The van der Waals surface area contributed by atoms with E-state index in [9.17, 15) is 0 Å². The molecular weight excluding hydrogens is 254 g/mol. The average molecular weight is 287 g/mol. The molecule has 1 aliphatic rings. The summed E-state index contributed by atoms with van der Waals surface area (Å²) < 4.78 is 0. The normalized spacial score (nSPS) is 16.8. The van der Waals surface area contributed by atoms with Gasteiger partial charge in [0.1, 0.15) is 0 Å². The molecule has 0 saturated heterocycles. The Hall–Kier alpha value is -0.820. The molecule has 0 spiro atoms. The number of rotatable bonds is 7. The van der Waals surface area contributed by atoms with Gasteiger partial charge in [0.05, 0.1) is 0 Å². The highest BCUT2D eigenvalue weighted by Gasteiger charge is 2.20. The van der Waals surface area contributed by atoms with Crippen molar-refractivity contribution in [1.29, 1.82) is 0 Å². The highest BCUT2D eigenvalue weighted by atomic mass is 15.1. The van der Waals surface area contributed by atoms with Gasteiger partial charge in [0.2, 0.25) is 0 Å². The minimum Gasteiger partial charge on any atom is -0.296 e. The SMILES string of the molecule is CCN(Cc1ccccc1CCC(C)C)C1CCCCC1. The lowest BCUT2D eigenvalue weighted by atomic mass is 9.93. The van der Waals surface area contributed by atoms with Crippen LogP contribution in [-0.2, 0) is 13.0 Å².